The van der Waals surface area contributed by atoms with E-state index >= 15 is 0 Å². The van der Waals surface area contributed by atoms with Gasteiger partial charge < -0.3 is 14.8 Å². The van der Waals surface area contributed by atoms with Crippen LogP contribution in [0, 0.1) is 0 Å². The summed E-state index contributed by atoms with van der Waals surface area (Å²) < 4.78 is 47.6. The van der Waals surface area contributed by atoms with Crippen LogP contribution < -0.4 is 14.8 Å². The first-order valence-corrected chi connectivity index (χ1v) is 6.93. The van der Waals surface area contributed by atoms with Crippen LogP contribution in [0.2, 0.25) is 0 Å². The highest BCUT2D eigenvalue weighted by atomic mass is 79.9. The Morgan fingerprint density at radius 3 is 2.55 bits per heavy atom. The van der Waals surface area contributed by atoms with Gasteiger partial charge in [0.05, 0.1) is 24.7 Å². The maximum atomic E-state index is 12.1. The number of benzene rings is 1. The van der Waals surface area contributed by atoms with E-state index < -0.39 is 12.7 Å². The Balaban J connectivity index is 2.77. The van der Waals surface area contributed by atoms with E-state index in [2.05, 4.69) is 21.2 Å². The zero-order valence-electron chi connectivity index (χ0n) is 11.3. The summed E-state index contributed by atoms with van der Waals surface area (Å²) in [6.45, 7) is 1.60. The minimum atomic E-state index is -4.22. The molecule has 1 N–H and O–H groups in total. The number of alkyl halides is 3. The molecular weight excluding hydrogens is 339 g/mol. The van der Waals surface area contributed by atoms with Gasteiger partial charge in [-0.3, -0.25) is 0 Å². The predicted molar refractivity (Wildman–Crippen MR) is 74.2 cm³/mol. The van der Waals surface area contributed by atoms with E-state index in [0.29, 0.717) is 28.1 Å². The maximum absolute atomic E-state index is 12.1. The summed E-state index contributed by atoms with van der Waals surface area (Å²) in [5, 5.41) is 2.34. The highest BCUT2D eigenvalue weighted by Crippen LogP contribution is 2.36. The van der Waals surface area contributed by atoms with Crippen LogP contribution in [0.15, 0.2) is 16.6 Å². The molecule has 1 aromatic carbocycles. The first kappa shape index (κ1) is 17.1. The predicted octanol–water partition coefficient (Wildman–Crippen LogP) is 3.90. The molecule has 0 aliphatic rings. The molecule has 0 heterocycles. The fourth-order valence-electron chi connectivity index (χ4n) is 1.57. The normalized spacial score (nSPS) is 11.5. The van der Waals surface area contributed by atoms with Gasteiger partial charge in [-0.1, -0.05) is 6.92 Å². The van der Waals surface area contributed by atoms with Crippen molar-refractivity contribution in [2.24, 2.45) is 0 Å². The largest absolute Gasteiger partial charge is 0.493 e. The average Bonchev–Trinajstić information content (AvgIpc) is 2.35. The van der Waals surface area contributed by atoms with Crippen LogP contribution >= 0.6 is 15.9 Å². The fraction of sp³-hybridized carbons (Fsp3) is 0.538. The molecule has 1 rings (SSSR count). The van der Waals surface area contributed by atoms with E-state index in [1.165, 1.54) is 7.11 Å². The van der Waals surface area contributed by atoms with Crippen LogP contribution in [0.5, 0.6) is 11.5 Å². The molecule has 0 spiro atoms. The molecule has 0 saturated heterocycles. The number of nitrogens with one attached hydrogen (secondary N) is 1. The molecule has 0 atom stereocenters. The first-order valence-electron chi connectivity index (χ1n) is 6.14. The Morgan fingerprint density at radius 1 is 1.30 bits per heavy atom. The summed E-state index contributed by atoms with van der Waals surface area (Å²) in [7, 11) is 1.49. The third-order valence-corrected chi connectivity index (χ3v) is 2.98. The molecule has 0 aliphatic heterocycles. The van der Waals surface area contributed by atoms with E-state index in [0.717, 1.165) is 6.42 Å². The van der Waals surface area contributed by atoms with Crippen molar-refractivity contribution >= 4 is 15.9 Å². The van der Waals surface area contributed by atoms with Crippen molar-refractivity contribution in [3.8, 4) is 11.5 Å². The number of methoxy groups -OCH3 is 1. The lowest BCUT2D eigenvalue weighted by Gasteiger charge is -2.14. The van der Waals surface area contributed by atoms with Crippen molar-refractivity contribution in [1.29, 1.82) is 0 Å². The van der Waals surface area contributed by atoms with Gasteiger partial charge in [-0.2, -0.15) is 13.2 Å². The molecule has 0 unspecified atom stereocenters. The number of hydrogen-bond acceptors (Lipinski definition) is 3. The molecule has 1 aromatic rings. The molecule has 0 aliphatic carbocycles. The topological polar surface area (TPSA) is 30.5 Å². The molecular formula is C13H17BrF3NO2. The lowest BCUT2D eigenvalue weighted by Crippen LogP contribution is -2.28. The Bertz CT molecular complexity index is 438. The minimum absolute atomic E-state index is 0.0997. The molecule has 0 fully saturated rings. The second-order valence-electron chi connectivity index (χ2n) is 4.18. The molecule has 20 heavy (non-hydrogen) atoms. The summed E-state index contributed by atoms with van der Waals surface area (Å²) in [5.41, 5.74) is 0.682. The van der Waals surface area contributed by atoms with Gasteiger partial charge in [0.2, 0.25) is 0 Å². The Morgan fingerprint density at radius 2 is 2.00 bits per heavy atom. The van der Waals surface area contributed by atoms with Crippen LogP contribution in [0.1, 0.15) is 18.9 Å². The van der Waals surface area contributed by atoms with Crippen molar-refractivity contribution in [3.63, 3.8) is 0 Å². The molecule has 0 saturated carbocycles. The van der Waals surface area contributed by atoms with Gasteiger partial charge in [0.25, 0.3) is 0 Å². The van der Waals surface area contributed by atoms with Crippen molar-refractivity contribution in [3.05, 3.63) is 22.2 Å². The van der Waals surface area contributed by atoms with Crippen molar-refractivity contribution in [1.82, 2.24) is 5.32 Å². The monoisotopic (exact) mass is 355 g/mol. The Kier molecular flexibility index (Phi) is 6.61. The fourth-order valence-corrected chi connectivity index (χ4v) is 2.17. The summed E-state index contributed by atoms with van der Waals surface area (Å²) in [6.07, 6.45) is -3.37. The van der Waals surface area contributed by atoms with Gasteiger partial charge in [0, 0.05) is 6.54 Å². The third-order valence-electron chi connectivity index (χ3n) is 2.39. The lowest BCUT2D eigenvalue weighted by atomic mass is 10.2. The average molecular weight is 356 g/mol. The van der Waals surface area contributed by atoms with Crippen LogP contribution in [-0.2, 0) is 6.54 Å². The Hall–Kier alpha value is -0.950. The summed E-state index contributed by atoms with van der Waals surface area (Å²) in [6, 6.07) is 3.38. The van der Waals surface area contributed by atoms with E-state index in [1.807, 2.05) is 6.92 Å². The summed E-state index contributed by atoms with van der Waals surface area (Å²) in [5.74, 6) is 1.06. The SMILES string of the molecule is CCCOc1c(Br)cc(CNCC(F)(F)F)cc1OC. The van der Waals surface area contributed by atoms with Crippen molar-refractivity contribution in [2.45, 2.75) is 26.1 Å². The highest BCUT2D eigenvalue weighted by molar-refractivity contribution is 9.10. The highest BCUT2D eigenvalue weighted by Gasteiger charge is 2.26. The van der Waals surface area contributed by atoms with Gasteiger partial charge in [0.1, 0.15) is 0 Å². The zero-order chi connectivity index (χ0) is 15.2. The van der Waals surface area contributed by atoms with Gasteiger partial charge in [-0.25, -0.2) is 0 Å². The van der Waals surface area contributed by atoms with Gasteiger partial charge >= 0.3 is 6.18 Å². The quantitative estimate of drug-likeness (QED) is 0.804. The molecule has 0 aromatic heterocycles. The maximum Gasteiger partial charge on any atom is 0.401 e. The molecule has 0 bridgehead atoms. The van der Waals surface area contributed by atoms with Crippen molar-refractivity contribution < 1.29 is 22.6 Å². The van der Waals surface area contributed by atoms with E-state index in [-0.39, 0.29) is 6.54 Å². The van der Waals surface area contributed by atoms with Crippen LogP contribution in [0.4, 0.5) is 13.2 Å². The summed E-state index contributed by atoms with van der Waals surface area (Å²) >= 11 is 3.35. The van der Waals surface area contributed by atoms with E-state index in [9.17, 15) is 13.2 Å². The second-order valence-corrected chi connectivity index (χ2v) is 5.03. The summed E-state index contributed by atoms with van der Waals surface area (Å²) in [4.78, 5) is 0. The number of hydrogen-bond donors (Lipinski definition) is 1. The van der Waals surface area contributed by atoms with Crippen LogP contribution in [0.25, 0.3) is 0 Å². The Labute approximate surface area is 124 Å². The third kappa shape index (κ3) is 5.58. The van der Waals surface area contributed by atoms with Gasteiger partial charge in [-0.15, -0.1) is 0 Å². The van der Waals surface area contributed by atoms with Crippen LogP contribution in [-0.4, -0.2) is 26.4 Å². The molecule has 7 heteroatoms. The lowest BCUT2D eigenvalue weighted by molar-refractivity contribution is -0.125. The number of halogens is 4. The molecule has 3 nitrogen and oxygen atoms in total. The standard InChI is InChI=1S/C13H17BrF3NO2/c1-3-4-20-12-10(14)5-9(6-11(12)19-2)7-18-8-13(15,16)17/h5-6,18H,3-4,7-8H2,1-2H3. The smallest absolute Gasteiger partial charge is 0.401 e. The van der Waals surface area contributed by atoms with Gasteiger partial charge in [0.15, 0.2) is 11.5 Å². The van der Waals surface area contributed by atoms with E-state index in [4.69, 9.17) is 9.47 Å². The minimum Gasteiger partial charge on any atom is -0.493 e. The number of ether oxygens (including phenoxy) is 2. The second kappa shape index (κ2) is 7.73. The molecule has 0 radical (unpaired) electrons. The van der Waals surface area contributed by atoms with Crippen LogP contribution in [0.3, 0.4) is 0 Å². The van der Waals surface area contributed by atoms with E-state index in [1.54, 1.807) is 12.1 Å². The molecule has 0 amide bonds. The first-order chi connectivity index (χ1) is 9.37. The zero-order valence-corrected chi connectivity index (χ0v) is 12.9. The van der Waals surface area contributed by atoms with Crippen molar-refractivity contribution in [2.75, 3.05) is 20.3 Å². The number of rotatable bonds is 7. The van der Waals surface area contributed by atoms with Gasteiger partial charge in [-0.05, 0) is 40.0 Å². The molecule has 114 valence electrons.